The van der Waals surface area contributed by atoms with Crippen LogP contribution in [0.5, 0.6) is 0 Å². The van der Waals surface area contributed by atoms with E-state index in [-0.39, 0.29) is 5.95 Å². The first-order chi connectivity index (χ1) is 7.69. The van der Waals surface area contributed by atoms with Gasteiger partial charge in [-0.25, -0.2) is 15.5 Å². The SMILES string of the molecule is Cn1nnnc1Sc1cc(NN)nc(N)n1. The second kappa shape index (κ2) is 4.28. The zero-order chi connectivity index (χ0) is 11.5. The number of nitrogens with one attached hydrogen (secondary N) is 1. The average Bonchev–Trinajstić information content (AvgIpc) is 2.63. The van der Waals surface area contributed by atoms with Gasteiger partial charge >= 0.3 is 0 Å². The van der Waals surface area contributed by atoms with Crippen LogP contribution in [0, 0.1) is 0 Å². The maximum absolute atomic E-state index is 5.51. The molecular weight excluding hydrogens is 230 g/mol. The van der Waals surface area contributed by atoms with Crippen molar-refractivity contribution < 1.29 is 0 Å². The van der Waals surface area contributed by atoms with E-state index in [0.29, 0.717) is 16.0 Å². The third-order valence-electron chi connectivity index (χ3n) is 1.64. The van der Waals surface area contributed by atoms with Crippen LogP contribution in [0.3, 0.4) is 0 Å². The highest BCUT2D eigenvalue weighted by atomic mass is 32.2. The molecular formula is C6H9N9S. The van der Waals surface area contributed by atoms with Gasteiger partial charge in [0.15, 0.2) is 0 Å². The first-order valence-corrected chi connectivity index (χ1v) is 5.02. The molecule has 0 unspecified atom stereocenters. The summed E-state index contributed by atoms with van der Waals surface area (Å²) in [5.74, 6) is 5.81. The minimum absolute atomic E-state index is 0.132. The zero-order valence-corrected chi connectivity index (χ0v) is 9.14. The van der Waals surface area contributed by atoms with Crippen LogP contribution in [0.25, 0.3) is 0 Å². The van der Waals surface area contributed by atoms with Crippen LogP contribution >= 0.6 is 11.8 Å². The van der Waals surface area contributed by atoms with E-state index < -0.39 is 0 Å². The van der Waals surface area contributed by atoms with Gasteiger partial charge in [-0.3, -0.25) is 0 Å². The van der Waals surface area contributed by atoms with Crippen molar-refractivity contribution in [3.05, 3.63) is 6.07 Å². The van der Waals surface area contributed by atoms with Gasteiger partial charge in [-0.05, 0) is 22.2 Å². The van der Waals surface area contributed by atoms with Crippen LogP contribution in [0.2, 0.25) is 0 Å². The van der Waals surface area contributed by atoms with Crippen molar-refractivity contribution in [3.63, 3.8) is 0 Å². The van der Waals surface area contributed by atoms with E-state index in [9.17, 15) is 0 Å². The molecule has 0 spiro atoms. The molecule has 10 heteroatoms. The highest BCUT2D eigenvalue weighted by Gasteiger charge is 2.08. The Balaban J connectivity index is 2.28. The Bertz CT molecular complexity index is 494. The number of rotatable bonds is 3. The van der Waals surface area contributed by atoms with Crippen LogP contribution in [0.15, 0.2) is 16.2 Å². The summed E-state index contributed by atoms with van der Waals surface area (Å²) in [6.45, 7) is 0. The van der Waals surface area contributed by atoms with Gasteiger partial charge in [-0.1, -0.05) is 0 Å². The Morgan fingerprint density at radius 1 is 1.44 bits per heavy atom. The molecule has 0 aliphatic heterocycles. The fourth-order valence-corrected chi connectivity index (χ4v) is 1.71. The molecule has 2 aromatic rings. The predicted molar refractivity (Wildman–Crippen MR) is 57.2 cm³/mol. The molecule has 0 aliphatic carbocycles. The first kappa shape index (κ1) is 10.6. The molecule has 84 valence electrons. The number of anilines is 2. The van der Waals surface area contributed by atoms with Gasteiger partial charge in [0, 0.05) is 13.1 Å². The van der Waals surface area contributed by atoms with Gasteiger partial charge in [0.25, 0.3) is 0 Å². The lowest BCUT2D eigenvalue weighted by Gasteiger charge is -2.03. The van der Waals surface area contributed by atoms with Crippen molar-refractivity contribution in [3.8, 4) is 0 Å². The number of tetrazole rings is 1. The topological polar surface area (TPSA) is 133 Å². The average molecular weight is 239 g/mol. The van der Waals surface area contributed by atoms with Crippen LogP contribution in [-0.2, 0) is 7.05 Å². The first-order valence-electron chi connectivity index (χ1n) is 4.20. The molecule has 2 aromatic heterocycles. The highest BCUT2D eigenvalue weighted by Crippen LogP contribution is 2.24. The minimum Gasteiger partial charge on any atom is -0.368 e. The van der Waals surface area contributed by atoms with E-state index in [1.54, 1.807) is 13.1 Å². The summed E-state index contributed by atoms with van der Waals surface area (Å²) in [4.78, 5) is 7.89. The summed E-state index contributed by atoms with van der Waals surface area (Å²) in [5.41, 5.74) is 7.91. The monoisotopic (exact) mass is 239 g/mol. The summed E-state index contributed by atoms with van der Waals surface area (Å²) in [5, 5.41) is 12.2. The largest absolute Gasteiger partial charge is 0.368 e. The second-order valence-corrected chi connectivity index (χ2v) is 3.77. The Labute approximate surface area is 94.6 Å². The lowest BCUT2D eigenvalue weighted by atomic mass is 10.6. The lowest BCUT2D eigenvalue weighted by molar-refractivity contribution is 0.664. The number of aromatic nitrogens is 6. The molecule has 9 nitrogen and oxygen atoms in total. The molecule has 0 radical (unpaired) electrons. The number of hydrazine groups is 1. The Hall–Kier alpha value is -1.94. The molecule has 0 saturated heterocycles. The molecule has 0 aliphatic rings. The number of hydrogen-bond acceptors (Lipinski definition) is 9. The van der Waals surface area contributed by atoms with Crippen molar-refractivity contribution in [1.29, 1.82) is 0 Å². The molecule has 0 aromatic carbocycles. The maximum Gasteiger partial charge on any atom is 0.223 e. The van der Waals surface area contributed by atoms with E-state index in [1.807, 2.05) is 0 Å². The molecule has 0 atom stereocenters. The van der Waals surface area contributed by atoms with E-state index in [2.05, 4.69) is 30.9 Å². The van der Waals surface area contributed by atoms with Gasteiger partial charge in [0.05, 0.1) is 0 Å². The quantitative estimate of drug-likeness (QED) is 0.351. The number of aryl methyl sites for hydroxylation is 1. The fourth-order valence-electron chi connectivity index (χ4n) is 0.970. The summed E-state index contributed by atoms with van der Waals surface area (Å²) in [6.07, 6.45) is 0. The van der Waals surface area contributed by atoms with Gasteiger partial charge < -0.3 is 11.2 Å². The summed E-state index contributed by atoms with van der Waals surface area (Å²) in [6, 6.07) is 1.65. The van der Waals surface area contributed by atoms with E-state index in [0.717, 1.165) is 0 Å². The molecule has 5 N–H and O–H groups in total. The molecule has 0 bridgehead atoms. The second-order valence-electron chi connectivity index (χ2n) is 2.78. The third kappa shape index (κ3) is 2.17. The van der Waals surface area contributed by atoms with Crippen molar-refractivity contribution in [1.82, 2.24) is 30.2 Å². The summed E-state index contributed by atoms with van der Waals surface area (Å²) < 4.78 is 1.53. The Kier molecular flexibility index (Phi) is 2.83. The fraction of sp³-hybridized carbons (Fsp3) is 0.167. The van der Waals surface area contributed by atoms with Gasteiger partial charge in [0.1, 0.15) is 10.8 Å². The van der Waals surface area contributed by atoms with Gasteiger partial charge in [-0.2, -0.15) is 4.98 Å². The maximum atomic E-state index is 5.51. The lowest BCUT2D eigenvalue weighted by Crippen LogP contribution is -2.10. The molecule has 0 amide bonds. The Morgan fingerprint density at radius 3 is 2.88 bits per heavy atom. The molecule has 0 fully saturated rings. The van der Waals surface area contributed by atoms with E-state index in [1.165, 1.54) is 16.4 Å². The summed E-state index contributed by atoms with van der Waals surface area (Å²) >= 11 is 1.26. The van der Waals surface area contributed by atoms with Crippen molar-refractivity contribution in [2.24, 2.45) is 12.9 Å². The zero-order valence-electron chi connectivity index (χ0n) is 8.32. The smallest absolute Gasteiger partial charge is 0.223 e. The normalized spacial score (nSPS) is 10.4. The van der Waals surface area contributed by atoms with Crippen molar-refractivity contribution >= 4 is 23.5 Å². The van der Waals surface area contributed by atoms with Crippen LogP contribution in [0.1, 0.15) is 0 Å². The highest BCUT2D eigenvalue weighted by molar-refractivity contribution is 7.99. The number of nitrogens with zero attached hydrogens (tertiary/aromatic N) is 6. The minimum atomic E-state index is 0.132. The summed E-state index contributed by atoms with van der Waals surface area (Å²) in [7, 11) is 1.73. The van der Waals surface area contributed by atoms with Crippen LogP contribution in [0.4, 0.5) is 11.8 Å². The standard InChI is InChI=1S/C6H9N9S/c1-15-6(12-13-14-15)16-4-2-3(11-8)9-5(7)10-4/h2H,8H2,1H3,(H3,7,9,10,11). The van der Waals surface area contributed by atoms with Crippen LogP contribution in [-0.4, -0.2) is 30.2 Å². The van der Waals surface area contributed by atoms with Gasteiger partial charge in [-0.15, -0.1) is 5.10 Å². The van der Waals surface area contributed by atoms with Crippen molar-refractivity contribution in [2.45, 2.75) is 10.2 Å². The molecule has 2 rings (SSSR count). The molecule has 16 heavy (non-hydrogen) atoms. The van der Waals surface area contributed by atoms with Crippen LogP contribution < -0.4 is 17.0 Å². The predicted octanol–water partition coefficient (Wildman–Crippen LogP) is -0.981. The van der Waals surface area contributed by atoms with E-state index in [4.69, 9.17) is 11.6 Å². The number of hydrogen-bond donors (Lipinski definition) is 3. The molecule has 0 saturated carbocycles. The Morgan fingerprint density at radius 2 is 2.25 bits per heavy atom. The number of nitrogens with two attached hydrogens (primary N) is 2. The van der Waals surface area contributed by atoms with Gasteiger partial charge in [0.2, 0.25) is 11.1 Å². The molecule has 2 heterocycles. The third-order valence-corrected chi connectivity index (χ3v) is 2.59. The van der Waals surface area contributed by atoms with E-state index >= 15 is 0 Å². The van der Waals surface area contributed by atoms with Crippen molar-refractivity contribution in [2.75, 3.05) is 11.2 Å². The number of nitrogen functional groups attached to an aromatic ring is 2.